The third-order valence-corrected chi connectivity index (χ3v) is 2.59. The average molecular weight is 228 g/mol. The number of amides is 1. The molecule has 1 unspecified atom stereocenters. The Labute approximate surface area is 96.1 Å². The van der Waals surface area contributed by atoms with E-state index >= 15 is 0 Å². The van der Waals surface area contributed by atoms with Gasteiger partial charge in [0.15, 0.2) is 0 Å². The lowest BCUT2D eigenvalue weighted by Gasteiger charge is -2.34. The van der Waals surface area contributed by atoms with Crippen LogP contribution in [-0.2, 0) is 14.3 Å². The van der Waals surface area contributed by atoms with Crippen LogP contribution < -0.4 is 5.32 Å². The zero-order valence-electron chi connectivity index (χ0n) is 9.99. The third kappa shape index (κ3) is 3.20. The van der Waals surface area contributed by atoms with Crippen molar-refractivity contribution < 1.29 is 14.3 Å². The van der Waals surface area contributed by atoms with E-state index in [4.69, 9.17) is 4.74 Å². The van der Waals surface area contributed by atoms with Crippen LogP contribution in [0.3, 0.4) is 0 Å². The summed E-state index contributed by atoms with van der Waals surface area (Å²) in [4.78, 5) is 25.1. The number of ether oxygens (including phenoxy) is 1. The molecule has 16 heavy (non-hydrogen) atoms. The molecule has 0 saturated carbocycles. The van der Waals surface area contributed by atoms with Crippen LogP contribution in [0.2, 0.25) is 0 Å². The highest BCUT2D eigenvalue weighted by Gasteiger charge is 2.32. The summed E-state index contributed by atoms with van der Waals surface area (Å²) in [5, 5.41) is 3.11. The first-order valence-corrected chi connectivity index (χ1v) is 5.87. The normalized spacial score (nSPS) is 20.6. The Morgan fingerprint density at radius 2 is 2.19 bits per heavy atom. The summed E-state index contributed by atoms with van der Waals surface area (Å²) in [6.07, 6.45) is 1.30. The number of hydrogen-bond acceptors (Lipinski definition) is 4. The van der Waals surface area contributed by atoms with Crippen LogP contribution in [0.25, 0.3) is 0 Å². The molecule has 1 rings (SSSR count). The second-order valence-corrected chi connectivity index (χ2v) is 3.81. The van der Waals surface area contributed by atoms with E-state index in [9.17, 15) is 9.59 Å². The number of piperazine rings is 1. The highest BCUT2D eigenvalue weighted by molar-refractivity contribution is 5.85. The zero-order chi connectivity index (χ0) is 12.0. The predicted octanol–water partition coefficient (Wildman–Crippen LogP) is 0.150. The molecule has 1 amide bonds. The smallest absolute Gasteiger partial charge is 0.330 e. The highest BCUT2D eigenvalue weighted by Crippen LogP contribution is 2.08. The maximum atomic E-state index is 11.8. The number of carbonyl (C=O) groups is 2. The summed E-state index contributed by atoms with van der Waals surface area (Å²) in [6, 6.07) is -0.451. The number of carbonyl (C=O) groups excluding carboxylic acids is 2. The fraction of sp³-hybridized carbons (Fsp3) is 0.818. The lowest BCUT2D eigenvalue weighted by Crippen LogP contribution is -2.57. The molecule has 1 N–H and O–H groups in total. The number of rotatable bonds is 4. The van der Waals surface area contributed by atoms with E-state index in [-0.39, 0.29) is 11.9 Å². The van der Waals surface area contributed by atoms with Gasteiger partial charge in [-0.05, 0) is 13.3 Å². The monoisotopic (exact) mass is 228 g/mol. The Bertz CT molecular complexity index is 230. The van der Waals surface area contributed by atoms with Crippen LogP contribution in [0.15, 0.2) is 0 Å². The van der Waals surface area contributed by atoms with Gasteiger partial charge in [0.2, 0.25) is 5.91 Å². The molecular weight excluding hydrogens is 208 g/mol. The second-order valence-electron chi connectivity index (χ2n) is 3.81. The van der Waals surface area contributed by atoms with Crippen molar-refractivity contribution in [2.75, 3.05) is 26.2 Å². The van der Waals surface area contributed by atoms with Crippen molar-refractivity contribution in [3.05, 3.63) is 0 Å². The molecule has 1 heterocycles. The molecule has 0 radical (unpaired) electrons. The third-order valence-electron chi connectivity index (χ3n) is 2.59. The standard InChI is InChI=1S/C11H20N2O3/c1-3-5-10(14)13-7-6-12-8-9(13)11(15)16-4-2/h9,12H,3-8H2,1-2H3. The quantitative estimate of drug-likeness (QED) is 0.696. The van der Waals surface area contributed by atoms with E-state index < -0.39 is 6.04 Å². The fourth-order valence-corrected chi connectivity index (χ4v) is 1.81. The highest BCUT2D eigenvalue weighted by atomic mass is 16.5. The Morgan fingerprint density at radius 3 is 2.81 bits per heavy atom. The van der Waals surface area contributed by atoms with Crippen molar-refractivity contribution in [1.82, 2.24) is 10.2 Å². The summed E-state index contributed by atoms with van der Waals surface area (Å²) in [5.41, 5.74) is 0. The molecule has 0 aromatic carbocycles. The molecule has 0 bridgehead atoms. The molecular formula is C11H20N2O3. The van der Waals surface area contributed by atoms with Gasteiger partial charge < -0.3 is 15.0 Å². The van der Waals surface area contributed by atoms with Gasteiger partial charge in [0, 0.05) is 26.1 Å². The van der Waals surface area contributed by atoms with Gasteiger partial charge in [0.25, 0.3) is 0 Å². The van der Waals surface area contributed by atoms with Gasteiger partial charge in [0.05, 0.1) is 6.61 Å². The molecule has 1 atom stereocenters. The van der Waals surface area contributed by atoms with Crippen LogP contribution in [0.1, 0.15) is 26.7 Å². The number of nitrogens with one attached hydrogen (secondary N) is 1. The van der Waals surface area contributed by atoms with E-state index in [0.29, 0.717) is 26.1 Å². The average Bonchev–Trinajstić information content (AvgIpc) is 2.30. The van der Waals surface area contributed by atoms with Gasteiger partial charge in [0.1, 0.15) is 6.04 Å². The van der Waals surface area contributed by atoms with Crippen molar-refractivity contribution >= 4 is 11.9 Å². The van der Waals surface area contributed by atoms with Crippen LogP contribution >= 0.6 is 0 Å². The SMILES string of the molecule is CCCC(=O)N1CCNCC1C(=O)OCC. The minimum absolute atomic E-state index is 0.0436. The molecule has 1 aliphatic heterocycles. The zero-order valence-corrected chi connectivity index (χ0v) is 9.99. The topological polar surface area (TPSA) is 58.6 Å². The first-order valence-electron chi connectivity index (χ1n) is 5.87. The van der Waals surface area contributed by atoms with Crippen molar-refractivity contribution in [3.8, 4) is 0 Å². The van der Waals surface area contributed by atoms with Crippen LogP contribution in [0.5, 0.6) is 0 Å². The summed E-state index contributed by atoms with van der Waals surface area (Å²) < 4.78 is 4.97. The lowest BCUT2D eigenvalue weighted by atomic mass is 10.1. The first-order chi connectivity index (χ1) is 7.70. The number of esters is 1. The van der Waals surface area contributed by atoms with Gasteiger partial charge in [-0.15, -0.1) is 0 Å². The molecule has 0 aliphatic carbocycles. The largest absolute Gasteiger partial charge is 0.464 e. The van der Waals surface area contributed by atoms with Crippen molar-refractivity contribution in [1.29, 1.82) is 0 Å². The second kappa shape index (κ2) is 6.48. The molecule has 92 valence electrons. The molecule has 1 saturated heterocycles. The maximum absolute atomic E-state index is 11.8. The van der Waals surface area contributed by atoms with E-state index in [1.54, 1.807) is 11.8 Å². The van der Waals surface area contributed by atoms with Gasteiger partial charge in [-0.3, -0.25) is 4.79 Å². The molecule has 5 heteroatoms. The maximum Gasteiger partial charge on any atom is 0.330 e. The van der Waals surface area contributed by atoms with E-state index in [0.717, 1.165) is 13.0 Å². The van der Waals surface area contributed by atoms with Gasteiger partial charge in [-0.2, -0.15) is 0 Å². The van der Waals surface area contributed by atoms with Crippen molar-refractivity contribution in [3.63, 3.8) is 0 Å². The molecule has 1 fully saturated rings. The Balaban J connectivity index is 2.63. The minimum atomic E-state index is -0.451. The summed E-state index contributed by atoms with van der Waals surface area (Å²) >= 11 is 0. The van der Waals surface area contributed by atoms with Gasteiger partial charge in [-0.25, -0.2) is 4.79 Å². The van der Waals surface area contributed by atoms with Crippen LogP contribution in [-0.4, -0.2) is 49.1 Å². The van der Waals surface area contributed by atoms with Crippen molar-refractivity contribution in [2.24, 2.45) is 0 Å². The fourth-order valence-electron chi connectivity index (χ4n) is 1.81. The first kappa shape index (κ1) is 13.0. The van der Waals surface area contributed by atoms with Gasteiger partial charge >= 0.3 is 5.97 Å². The molecule has 5 nitrogen and oxygen atoms in total. The van der Waals surface area contributed by atoms with E-state index in [1.807, 2.05) is 6.92 Å². The Hall–Kier alpha value is -1.10. The lowest BCUT2D eigenvalue weighted by molar-refractivity contribution is -0.155. The Morgan fingerprint density at radius 1 is 1.44 bits per heavy atom. The minimum Gasteiger partial charge on any atom is -0.464 e. The van der Waals surface area contributed by atoms with Gasteiger partial charge in [-0.1, -0.05) is 6.92 Å². The summed E-state index contributed by atoms with van der Waals surface area (Å²) in [5.74, 6) is -0.263. The van der Waals surface area contributed by atoms with Crippen LogP contribution in [0, 0.1) is 0 Å². The number of hydrogen-bond donors (Lipinski definition) is 1. The molecule has 0 aromatic rings. The number of nitrogens with zero attached hydrogens (tertiary/aromatic N) is 1. The van der Waals surface area contributed by atoms with Crippen LogP contribution in [0.4, 0.5) is 0 Å². The van der Waals surface area contributed by atoms with E-state index in [1.165, 1.54) is 0 Å². The molecule has 0 aromatic heterocycles. The predicted molar refractivity (Wildman–Crippen MR) is 59.9 cm³/mol. The molecule has 0 spiro atoms. The summed E-state index contributed by atoms with van der Waals surface area (Å²) in [7, 11) is 0. The van der Waals surface area contributed by atoms with Crippen molar-refractivity contribution in [2.45, 2.75) is 32.7 Å². The summed E-state index contributed by atoms with van der Waals surface area (Å²) in [6.45, 7) is 5.90. The van der Waals surface area contributed by atoms with E-state index in [2.05, 4.69) is 5.32 Å². The molecule has 1 aliphatic rings. The Kier molecular flexibility index (Phi) is 5.25.